The zero-order valence-electron chi connectivity index (χ0n) is 14.9. The van der Waals surface area contributed by atoms with Crippen molar-refractivity contribution in [3.8, 4) is 5.75 Å². The number of nitrogens with two attached hydrogens (primary N) is 1. The molecule has 27 heavy (non-hydrogen) atoms. The first-order valence-corrected chi connectivity index (χ1v) is 7.89. The maximum Gasteiger partial charge on any atom is 0.341 e. The van der Waals surface area contributed by atoms with E-state index >= 15 is 0 Å². The number of hydrogen-bond donors (Lipinski definition) is 1. The normalized spacial score (nSPS) is 10.1. The van der Waals surface area contributed by atoms with E-state index in [9.17, 15) is 19.7 Å². The molecule has 0 aliphatic heterocycles. The summed E-state index contributed by atoms with van der Waals surface area (Å²) in [6.07, 6.45) is 0. The molecule has 142 valence electrons. The number of nitrogen functional groups attached to an aromatic ring is 1. The molecule has 0 atom stereocenters. The van der Waals surface area contributed by atoms with Gasteiger partial charge < -0.3 is 20.1 Å². The predicted octanol–water partition coefficient (Wildman–Crippen LogP) is 2.00. The van der Waals surface area contributed by atoms with E-state index in [1.165, 1.54) is 17.0 Å². The fourth-order valence-corrected chi connectivity index (χ4v) is 2.24. The number of non-ortho nitro benzene ring substituents is 1. The molecule has 0 spiro atoms. The number of anilines is 1. The van der Waals surface area contributed by atoms with E-state index < -0.39 is 23.4 Å². The summed E-state index contributed by atoms with van der Waals surface area (Å²) in [5, 5.41) is 10.8. The van der Waals surface area contributed by atoms with Crippen molar-refractivity contribution in [3.05, 3.63) is 63.7 Å². The highest BCUT2D eigenvalue weighted by atomic mass is 16.6. The number of nitro groups is 1. The molecular formula is C18H19N3O6. The number of rotatable bonds is 7. The molecule has 0 heterocycles. The number of methoxy groups -OCH3 is 1. The maximum absolute atomic E-state index is 12.2. The number of ether oxygens (including phenoxy) is 2. The SMILES string of the molecule is COc1ccc(CN(C)C(=O)COC(=O)c2cc([N+](=O)[O-])ccc2N)cc1. The Kier molecular flexibility index (Phi) is 6.32. The standard InChI is InChI=1S/C18H19N3O6/c1-20(10-12-3-6-14(26-2)7-4-12)17(22)11-27-18(23)15-9-13(21(24)25)5-8-16(15)19/h3-9H,10-11,19H2,1-2H3. The first-order chi connectivity index (χ1) is 12.8. The lowest BCUT2D eigenvalue weighted by Gasteiger charge is -2.17. The minimum Gasteiger partial charge on any atom is -0.497 e. The van der Waals surface area contributed by atoms with Gasteiger partial charge in [0.15, 0.2) is 6.61 Å². The Morgan fingerprint density at radius 1 is 1.19 bits per heavy atom. The minimum atomic E-state index is -0.901. The van der Waals surface area contributed by atoms with Gasteiger partial charge in [-0.15, -0.1) is 0 Å². The van der Waals surface area contributed by atoms with E-state index in [0.29, 0.717) is 12.3 Å². The van der Waals surface area contributed by atoms with Crippen LogP contribution in [0.15, 0.2) is 42.5 Å². The van der Waals surface area contributed by atoms with Crippen molar-refractivity contribution in [2.45, 2.75) is 6.54 Å². The molecule has 2 rings (SSSR count). The summed E-state index contributed by atoms with van der Waals surface area (Å²) in [7, 11) is 3.13. The summed E-state index contributed by atoms with van der Waals surface area (Å²) in [5.74, 6) is -0.623. The summed E-state index contributed by atoms with van der Waals surface area (Å²) in [5.41, 5.74) is 6.11. The third-order valence-electron chi connectivity index (χ3n) is 3.80. The van der Waals surface area contributed by atoms with Crippen molar-refractivity contribution in [3.63, 3.8) is 0 Å². The fourth-order valence-electron chi connectivity index (χ4n) is 2.24. The summed E-state index contributed by atoms with van der Waals surface area (Å²) in [6.45, 7) is -0.188. The Morgan fingerprint density at radius 2 is 1.85 bits per heavy atom. The zero-order chi connectivity index (χ0) is 20.0. The number of carbonyl (C=O) groups is 2. The van der Waals surface area contributed by atoms with E-state index in [0.717, 1.165) is 11.6 Å². The maximum atomic E-state index is 12.2. The summed E-state index contributed by atoms with van der Waals surface area (Å²) in [6, 6.07) is 10.6. The number of likely N-dealkylation sites (N-methyl/N-ethyl adjacent to an activating group) is 1. The van der Waals surface area contributed by atoms with Crippen LogP contribution in [0.5, 0.6) is 5.75 Å². The molecule has 0 aliphatic carbocycles. The number of hydrogen-bond acceptors (Lipinski definition) is 7. The number of amides is 1. The fraction of sp³-hybridized carbons (Fsp3) is 0.222. The average molecular weight is 373 g/mol. The molecule has 0 unspecified atom stereocenters. The van der Waals surface area contributed by atoms with Gasteiger partial charge in [0.1, 0.15) is 5.75 Å². The molecule has 2 N–H and O–H groups in total. The van der Waals surface area contributed by atoms with Crippen LogP contribution in [-0.4, -0.2) is 42.5 Å². The van der Waals surface area contributed by atoms with E-state index in [-0.39, 0.29) is 16.9 Å². The zero-order valence-corrected chi connectivity index (χ0v) is 14.9. The minimum absolute atomic E-state index is 0.0321. The van der Waals surface area contributed by atoms with E-state index in [1.54, 1.807) is 26.3 Å². The van der Waals surface area contributed by atoms with Gasteiger partial charge in [-0.05, 0) is 23.8 Å². The van der Waals surface area contributed by atoms with Gasteiger partial charge >= 0.3 is 5.97 Å². The number of nitro benzene ring substituents is 1. The van der Waals surface area contributed by atoms with E-state index in [1.807, 2.05) is 12.1 Å². The largest absolute Gasteiger partial charge is 0.497 e. The van der Waals surface area contributed by atoms with Crippen LogP contribution in [-0.2, 0) is 16.1 Å². The Balaban J connectivity index is 1.94. The van der Waals surface area contributed by atoms with Gasteiger partial charge in [0.05, 0.1) is 17.6 Å². The quantitative estimate of drug-likeness (QED) is 0.340. The molecule has 2 aromatic rings. The van der Waals surface area contributed by atoms with Crippen LogP contribution in [0, 0.1) is 10.1 Å². The molecule has 0 radical (unpaired) electrons. The van der Waals surface area contributed by atoms with Crippen molar-refractivity contribution >= 4 is 23.3 Å². The van der Waals surface area contributed by atoms with Gasteiger partial charge in [-0.1, -0.05) is 12.1 Å². The average Bonchev–Trinajstić information content (AvgIpc) is 2.66. The number of carbonyl (C=O) groups excluding carboxylic acids is 2. The molecule has 0 fully saturated rings. The molecule has 0 aromatic heterocycles. The highest BCUT2D eigenvalue weighted by Gasteiger charge is 2.19. The van der Waals surface area contributed by atoms with E-state index in [2.05, 4.69) is 0 Å². The molecule has 9 heteroatoms. The molecule has 0 saturated heterocycles. The van der Waals surface area contributed by atoms with Gasteiger partial charge in [-0.3, -0.25) is 14.9 Å². The van der Waals surface area contributed by atoms with Crippen molar-refractivity contribution < 1.29 is 24.0 Å². The van der Waals surface area contributed by atoms with Crippen molar-refractivity contribution in [2.24, 2.45) is 0 Å². The van der Waals surface area contributed by atoms with Crippen LogP contribution in [0.3, 0.4) is 0 Å². The van der Waals surface area contributed by atoms with Gasteiger partial charge in [-0.2, -0.15) is 0 Å². The second kappa shape index (κ2) is 8.65. The summed E-state index contributed by atoms with van der Waals surface area (Å²) in [4.78, 5) is 35.8. The van der Waals surface area contributed by atoms with Crippen molar-refractivity contribution in [1.82, 2.24) is 4.90 Å². The predicted molar refractivity (Wildman–Crippen MR) is 97.3 cm³/mol. The number of benzene rings is 2. The Labute approximate surface area is 155 Å². The Morgan fingerprint density at radius 3 is 2.44 bits per heavy atom. The molecule has 0 saturated carbocycles. The Hall–Kier alpha value is -3.62. The van der Waals surface area contributed by atoms with Crippen LogP contribution >= 0.6 is 0 Å². The number of esters is 1. The van der Waals surface area contributed by atoms with Crippen LogP contribution in [0.1, 0.15) is 15.9 Å². The first kappa shape index (κ1) is 19.7. The second-order valence-electron chi connectivity index (χ2n) is 5.70. The lowest BCUT2D eigenvalue weighted by molar-refractivity contribution is -0.384. The third kappa shape index (κ3) is 5.18. The Bertz CT molecular complexity index is 851. The highest BCUT2D eigenvalue weighted by molar-refractivity contribution is 5.96. The monoisotopic (exact) mass is 373 g/mol. The van der Waals surface area contributed by atoms with Crippen molar-refractivity contribution in [1.29, 1.82) is 0 Å². The molecule has 0 bridgehead atoms. The van der Waals surface area contributed by atoms with Gasteiger partial charge in [-0.25, -0.2) is 4.79 Å². The molecule has 1 amide bonds. The van der Waals surface area contributed by atoms with E-state index in [4.69, 9.17) is 15.2 Å². The van der Waals surface area contributed by atoms with Crippen molar-refractivity contribution in [2.75, 3.05) is 26.5 Å². The third-order valence-corrected chi connectivity index (χ3v) is 3.80. The van der Waals surface area contributed by atoms with Crippen LogP contribution < -0.4 is 10.5 Å². The second-order valence-corrected chi connectivity index (χ2v) is 5.70. The van der Waals surface area contributed by atoms with Crippen LogP contribution in [0.4, 0.5) is 11.4 Å². The van der Waals surface area contributed by atoms with Crippen LogP contribution in [0.25, 0.3) is 0 Å². The van der Waals surface area contributed by atoms with Gasteiger partial charge in [0.2, 0.25) is 0 Å². The van der Waals surface area contributed by atoms with Gasteiger partial charge in [0.25, 0.3) is 11.6 Å². The lowest BCUT2D eigenvalue weighted by Crippen LogP contribution is -2.30. The topological polar surface area (TPSA) is 125 Å². The number of nitrogens with zero attached hydrogens (tertiary/aromatic N) is 2. The molecule has 9 nitrogen and oxygen atoms in total. The summed E-state index contributed by atoms with van der Waals surface area (Å²) < 4.78 is 10.0. The highest BCUT2D eigenvalue weighted by Crippen LogP contribution is 2.20. The van der Waals surface area contributed by atoms with Crippen LogP contribution in [0.2, 0.25) is 0 Å². The molecular weight excluding hydrogens is 354 g/mol. The van der Waals surface area contributed by atoms with Gasteiger partial charge in [0, 0.05) is 31.4 Å². The first-order valence-electron chi connectivity index (χ1n) is 7.89. The molecule has 0 aliphatic rings. The summed E-state index contributed by atoms with van der Waals surface area (Å²) >= 11 is 0. The lowest BCUT2D eigenvalue weighted by atomic mass is 10.1. The molecule has 2 aromatic carbocycles. The smallest absolute Gasteiger partial charge is 0.341 e.